The quantitative estimate of drug-likeness (QED) is 0.259. The highest BCUT2D eigenvalue weighted by Gasteiger charge is 2.48. The summed E-state index contributed by atoms with van der Waals surface area (Å²) in [6.45, 7) is 7.67. The Labute approximate surface area is 201 Å². The van der Waals surface area contributed by atoms with Crippen molar-refractivity contribution in [1.82, 2.24) is 0 Å². The van der Waals surface area contributed by atoms with E-state index >= 15 is 0 Å². The summed E-state index contributed by atoms with van der Waals surface area (Å²) in [5.41, 5.74) is 2.76. The zero-order valence-electron chi connectivity index (χ0n) is 18.8. The Hall–Kier alpha value is -3.09. The average molecular weight is 482 g/mol. The molecule has 4 rings (SSSR count). The van der Waals surface area contributed by atoms with E-state index in [2.05, 4.69) is 0 Å². The summed E-state index contributed by atoms with van der Waals surface area (Å²) in [5.74, 6) is -0.944. The lowest BCUT2D eigenvalue weighted by atomic mass is 9.97. The molecule has 0 spiro atoms. The number of carbonyl (C=O) groups excluding carboxylic acids is 2. The average Bonchev–Trinajstić information content (AvgIpc) is 3.29. The van der Waals surface area contributed by atoms with Gasteiger partial charge in [-0.25, -0.2) is 0 Å². The molecule has 0 bridgehead atoms. The van der Waals surface area contributed by atoms with Crippen molar-refractivity contribution in [2.75, 3.05) is 4.90 Å². The molecule has 170 valence electrons. The fourth-order valence-electron chi connectivity index (χ4n) is 3.98. The van der Waals surface area contributed by atoms with Gasteiger partial charge in [-0.05, 0) is 86.7 Å². The van der Waals surface area contributed by atoms with Crippen LogP contribution in [-0.2, 0) is 9.59 Å². The maximum absolute atomic E-state index is 13.2. The summed E-state index contributed by atoms with van der Waals surface area (Å²) >= 11 is 7.62. The molecule has 2 heterocycles. The lowest BCUT2D eigenvalue weighted by molar-refractivity contribution is -0.132. The smallest absolute Gasteiger partial charge is 0.300 e. The zero-order chi connectivity index (χ0) is 23.9. The van der Waals surface area contributed by atoms with Crippen LogP contribution in [0.1, 0.15) is 41.5 Å². The Morgan fingerprint density at radius 3 is 2.45 bits per heavy atom. The topological polar surface area (TPSA) is 66.8 Å². The molecule has 1 fully saturated rings. The summed E-state index contributed by atoms with van der Waals surface area (Å²) in [6.07, 6.45) is 0.00738. The molecule has 1 saturated heterocycles. The number of benzene rings is 2. The highest BCUT2D eigenvalue weighted by molar-refractivity contribution is 7.10. The van der Waals surface area contributed by atoms with E-state index in [9.17, 15) is 14.7 Å². The highest BCUT2D eigenvalue weighted by atomic mass is 35.5. The number of thiophene rings is 1. The molecule has 0 radical (unpaired) electrons. The molecule has 0 saturated carbocycles. The van der Waals surface area contributed by atoms with Gasteiger partial charge < -0.3 is 9.84 Å². The number of aliphatic hydroxyl groups is 1. The van der Waals surface area contributed by atoms with E-state index in [1.807, 2.05) is 39.1 Å². The number of nitrogens with zero attached hydrogens (tertiary/aromatic N) is 1. The first-order valence-corrected chi connectivity index (χ1v) is 11.8. The van der Waals surface area contributed by atoms with Crippen molar-refractivity contribution in [3.8, 4) is 5.75 Å². The molecule has 1 aliphatic rings. The summed E-state index contributed by atoms with van der Waals surface area (Å²) in [4.78, 5) is 28.7. The van der Waals surface area contributed by atoms with Crippen LogP contribution in [0.5, 0.6) is 5.75 Å². The number of halogens is 1. The van der Waals surface area contributed by atoms with E-state index in [0.29, 0.717) is 22.0 Å². The van der Waals surface area contributed by atoms with Crippen LogP contribution in [0.3, 0.4) is 0 Å². The number of carbonyl (C=O) groups is 2. The van der Waals surface area contributed by atoms with Gasteiger partial charge in [0.1, 0.15) is 17.6 Å². The van der Waals surface area contributed by atoms with Crippen LogP contribution in [0, 0.1) is 13.8 Å². The van der Waals surface area contributed by atoms with Crippen molar-refractivity contribution in [3.63, 3.8) is 0 Å². The molecule has 2 aromatic carbocycles. The van der Waals surface area contributed by atoms with Gasteiger partial charge in [0.25, 0.3) is 11.7 Å². The van der Waals surface area contributed by atoms with Crippen LogP contribution in [0.15, 0.2) is 59.5 Å². The van der Waals surface area contributed by atoms with E-state index in [1.54, 1.807) is 42.5 Å². The minimum atomic E-state index is -0.754. The van der Waals surface area contributed by atoms with Crippen LogP contribution >= 0.6 is 22.9 Å². The van der Waals surface area contributed by atoms with Gasteiger partial charge in [-0.2, -0.15) is 0 Å². The van der Waals surface area contributed by atoms with Gasteiger partial charge in [0, 0.05) is 21.2 Å². The first kappa shape index (κ1) is 23.1. The van der Waals surface area contributed by atoms with Gasteiger partial charge in [-0.1, -0.05) is 17.7 Å². The Kier molecular flexibility index (Phi) is 6.32. The fourth-order valence-corrected chi connectivity index (χ4v) is 5.19. The summed E-state index contributed by atoms with van der Waals surface area (Å²) in [6, 6.07) is 13.2. The van der Waals surface area contributed by atoms with Gasteiger partial charge in [0.15, 0.2) is 0 Å². The number of aryl methyl sites for hydroxylation is 2. The van der Waals surface area contributed by atoms with Gasteiger partial charge >= 0.3 is 0 Å². The lowest BCUT2D eigenvalue weighted by Gasteiger charge is -2.25. The standard InChI is InChI=1S/C26H24ClNO4S/c1-14(2)32-20-9-8-17(12-16(20)4)23(29)21-22(25-15(3)10-11-33-25)28(26(31)24(21)30)19-7-5-6-18(27)13-19/h5-14,22,29H,1-4H3/b23-21-. The number of ketones is 1. The Bertz CT molecular complexity index is 1280. The molecule has 33 heavy (non-hydrogen) atoms. The molecule has 1 amide bonds. The van der Waals surface area contributed by atoms with Crippen LogP contribution in [-0.4, -0.2) is 22.9 Å². The molecular formula is C26H24ClNO4S. The molecule has 3 aromatic rings. The van der Waals surface area contributed by atoms with Crippen molar-refractivity contribution in [2.24, 2.45) is 0 Å². The van der Waals surface area contributed by atoms with Crippen molar-refractivity contribution in [2.45, 2.75) is 39.8 Å². The third kappa shape index (κ3) is 4.28. The SMILES string of the molecule is Cc1cc(/C(O)=C2/C(=O)C(=O)N(c3cccc(Cl)c3)C2c2sccc2C)ccc1OC(C)C. The Morgan fingerprint density at radius 2 is 1.85 bits per heavy atom. The Balaban J connectivity index is 1.89. The third-order valence-corrected chi connectivity index (χ3v) is 6.80. The molecule has 0 aliphatic carbocycles. The van der Waals surface area contributed by atoms with Crippen molar-refractivity contribution in [3.05, 3.63) is 86.1 Å². The molecule has 1 N–H and O–H groups in total. The second-order valence-corrected chi connectivity index (χ2v) is 9.65. The molecule has 1 unspecified atom stereocenters. The number of amides is 1. The summed E-state index contributed by atoms with van der Waals surface area (Å²) in [7, 11) is 0. The number of aliphatic hydroxyl groups excluding tert-OH is 1. The number of anilines is 1. The molecule has 1 atom stereocenters. The van der Waals surface area contributed by atoms with Crippen LogP contribution in [0.4, 0.5) is 5.69 Å². The van der Waals surface area contributed by atoms with Crippen molar-refractivity contribution >= 4 is 46.1 Å². The minimum Gasteiger partial charge on any atom is -0.507 e. The number of hydrogen-bond acceptors (Lipinski definition) is 5. The molecule has 1 aromatic heterocycles. The van der Waals surface area contributed by atoms with Crippen LogP contribution < -0.4 is 9.64 Å². The van der Waals surface area contributed by atoms with Gasteiger partial charge in [-0.3, -0.25) is 14.5 Å². The van der Waals surface area contributed by atoms with E-state index in [1.165, 1.54) is 16.2 Å². The second kappa shape index (κ2) is 9.04. The number of ether oxygens (including phenoxy) is 1. The molecule has 5 nitrogen and oxygen atoms in total. The van der Waals surface area contributed by atoms with Gasteiger partial charge in [-0.15, -0.1) is 11.3 Å². The second-order valence-electron chi connectivity index (χ2n) is 8.26. The zero-order valence-corrected chi connectivity index (χ0v) is 20.3. The third-order valence-electron chi connectivity index (χ3n) is 5.49. The van der Waals surface area contributed by atoms with Crippen molar-refractivity contribution in [1.29, 1.82) is 0 Å². The van der Waals surface area contributed by atoms with Gasteiger partial charge in [0.05, 0.1) is 11.7 Å². The van der Waals surface area contributed by atoms with E-state index < -0.39 is 17.7 Å². The monoisotopic (exact) mass is 481 g/mol. The van der Waals surface area contributed by atoms with E-state index in [0.717, 1.165) is 16.0 Å². The lowest BCUT2D eigenvalue weighted by Crippen LogP contribution is -2.29. The predicted octanol–water partition coefficient (Wildman–Crippen LogP) is 6.43. The largest absolute Gasteiger partial charge is 0.507 e. The predicted molar refractivity (Wildman–Crippen MR) is 132 cm³/mol. The van der Waals surface area contributed by atoms with Crippen LogP contribution in [0.2, 0.25) is 5.02 Å². The first-order chi connectivity index (χ1) is 15.7. The Morgan fingerprint density at radius 1 is 1.09 bits per heavy atom. The maximum atomic E-state index is 13.2. The summed E-state index contributed by atoms with van der Waals surface area (Å²) in [5, 5.41) is 13.7. The number of Topliss-reactive ketones (excluding diaryl/α,β-unsaturated/α-hetero) is 1. The van der Waals surface area contributed by atoms with Gasteiger partial charge in [0.2, 0.25) is 0 Å². The first-order valence-electron chi connectivity index (χ1n) is 10.6. The number of rotatable bonds is 5. The molecule has 1 aliphatic heterocycles. The normalized spacial score (nSPS) is 17.8. The summed E-state index contributed by atoms with van der Waals surface area (Å²) < 4.78 is 5.79. The maximum Gasteiger partial charge on any atom is 0.300 e. The number of hydrogen-bond donors (Lipinski definition) is 1. The van der Waals surface area contributed by atoms with Crippen molar-refractivity contribution < 1.29 is 19.4 Å². The highest BCUT2D eigenvalue weighted by Crippen LogP contribution is 2.45. The minimum absolute atomic E-state index is 0.00738. The molecule has 7 heteroatoms. The fraction of sp³-hybridized carbons (Fsp3) is 0.231. The van der Waals surface area contributed by atoms with E-state index in [-0.39, 0.29) is 17.4 Å². The van der Waals surface area contributed by atoms with E-state index in [4.69, 9.17) is 16.3 Å². The van der Waals surface area contributed by atoms with Crippen LogP contribution in [0.25, 0.3) is 5.76 Å². The molecular weight excluding hydrogens is 458 g/mol.